The second-order valence-electron chi connectivity index (χ2n) is 11.9. The van der Waals surface area contributed by atoms with Crippen LogP contribution in [0.3, 0.4) is 0 Å². The summed E-state index contributed by atoms with van der Waals surface area (Å²) in [7, 11) is 4.89. The van der Waals surface area contributed by atoms with Crippen LogP contribution in [0.25, 0.3) is 21.5 Å². The Morgan fingerprint density at radius 2 is 0.623 bits per heavy atom. The van der Waals surface area contributed by atoms with Crippen LogP contribution < -0.4 is 14.2 Å². The smallest absolute Gasteiger partial charge is 0.160 e. The lowest BCUT2D eigenvalue weighted by molar-refractivity contribution is 0.100. The fourth-order valence-electron chi connectivity index (χ4n) is 4.98. The predicted molar refractivity (Wildman–Crippen MR) is 210 cm³/mol. The fraction of sp³-hybridized carbons (Fsp3) is 0.178. The summed E-state index contributed by atoms with van der Waals surface area (Å²) in [6, 6.07) is 36.7. The first-order valence-electron chi connectivity index (χ1n) is 16.7. The third-order valence-electron chi connectivity index (χ3n) is 8.09. The number of Topliss-reactive ketones (excluding diaryl/α,β-unsaturated/α-hetero) is 5. The number of benzene rings is 6. The Morgan fingerprint density at radius 3 is 0.906 bits per heavy atom. The summed E-state index contributed by atoms with van der Waals surface area (Å²) in [5.74, 6) is 2.60. The van der Waals surface area contributed by atoms with E-state index < -0.39 is 0 Å². The topological polar surface area (TPSA) is 113 Å². The molecule has 6 aromatic carbocycles. The average Bonchev–Trinajstić information content (AvgIpc) is 3.17. The molecule has 272 valence electrons. The molecule has 53 heavy (non-hydrogen) atoms. The Labute approximate surface area is 310 Å². The van der Waals surface area contributed by atoms with Crippen molar-refractivity contribution < 1.29 is 38.2 Å². The summed E-state index contributed by atoms with van der Waals surface area (Å²) < 4.78 is 15.2. The van der Waals surface area contributed by atoms with Crippen LogP contribution in [-0.2, 0) is 0 Å². The number of hydrogen-bond donors (Lipinski definition) is 0. The molecule has 0 aromatic heterocycles. The molecule has 0 fully saturated rings. The van der Waals surface area contributed by atoms with Crippen LogP contribution in [0.5, 0.6) is 17.2 Å². The molecule has 0 heterocycles. The second kappa shape index (κ2) is 19.8. The van der Waals surface area contributed by atoms with Gasteiger partial charge in [0.2, 0.25) is 0 Å². The molecule has 8 heteroatoms. The van der Waals surface area contributed by atoms with Gasteiger partial charge < -0.3 is 14.2 Å². The van der Waals surface area contributed by atoms with Crippen LogP contribution in [0.15, 0.2) is 121 Å². The van der Waals surface area contributed by atoms with E-state index in [1.165, 1.54) is 13.8 Å². The van der Waals surface area contributed by atoms with Crippen LogP contribution in [0.1, 0.15) is 86.4 Å². The van der Waals surface area contributed by atoms with E-state index in [1.54, 1.807) is 78.5 Å². The Hall–Kier alpha value is -6.41. The molecule has 6 rings (SSSR count). The summed E-state index contributed by atoms with van der Waals surface area (Å²) in [6.07, 6.45) is 0. The van der Waals surface area contributed by atoms with E-state index in [-0.39, 0.29) is 28.9 Å². The summed E-state index contributed by atoms with van der Waals surface area (Å²) in [5.41, 5.74) is 3.42. The predicted octanol–water partition coefficient (Wildman–Crippen LogP) is 10.1. The van der Waals surface area contributed by atoms with Crippen molar-refractivity contribution in [2.45, 2.75) is 34.6 Å². The molecular weight excluding hydrogens is 668 g/mol. The minimum Gasteiger partial charge on any atom is -0.497 e. The minimum atomic E-state index is 0.0186. The zero-order valence-electron chi connectivity index (χ0n) is 31.3. The highest BCUT2D eigenvalue weighted by Gasteiger charge is 2.05. The van der Waals surface area contributed by atoms with Crippen LogP contribution in [0, 0.1) is 0 Å². The van der Waals surface area contributed by atoms with Crippen LogP contribution in [0.2, 0.25) is 0 Å². The van der Waals surface area contributed by atoms with Crippen LogP contribution in [0.4, 0.5) is 0 Å². The van der Waals surface area contributed by atoms with E-state index in [1.807, 2.05) is 84.9 Å². The van der Waals surface area contributed by atoms with Gasteiger partial charge in [0.25, 0.3) is 0 Å². The van der Waals surface area contributed by atoms with Crippen molar-refractivity contribution >= 4 is 50.5 Å². The van der Waals surface area contributed by atoms with Gasteiger partial charge in [-0.05, 0) is 98.6 Å². The lowest BCUT2D eigenvalue weighted by Crippen LogP contribution is -1.95. The highest BCUT2D eigenvalue weighted by atomic mass is 16.5. The number of fused-ring (bicyclic) bond motifs is 2. The molecule has 0 amide bonds. The number of carbonyl (C=O) groups is 5. The number of carbonyl (C=O) groups excluding carboxylic acids is 5. The highest BCUT2D eigenvalue weighted by molar-refractivity contribution is 6.02. The maximum atomic E-state index is 11.2. The average molecular weight is 713 g/mol. The van der Waals surface area contributed by atoms with Crippen molar-refractivity contribution in [3.63, 3.8) is 0 Å². The standard InChI is InChI=1S/C14H12O2.C13H12O2.C10H10O2.C8H10O2/c1-9(15)11-3-5-14-8-12(10(2)16)4-6-13(14)7-11;1-9(14)10-3-4-12-8-13(15-2)6-5-11(12)7-10;1-7(11)9-3-5-10(6-4-9)8(2)12;1-9-7-5-3-4-6-8(7)10-2/h3-8H,1-2H3;3-8H,1-2H3;3-6H,1-2H3;3-6H,1-2H3. The number of methoxy groups -OCH3 is 3. The summed E-state index contributed by atoms with van der Waals surface area (Å²) in [6.45, 7) is 7.67. The Bertz CT molecular complexity index is 2120. The molecule has 0 aliphatic heterocycles. The molecule has 0 radical (unpaired) electrons. The van der Waals surface area contributed by atoms with Gasteiger partial charge in [-0.25, -0.2) is 0 Å². The molecule has 0 N–H and O–H groups in total. The van der Waals surface area contributed by atoms with Gasteiger partial charge >= 0.3 is 0 Å². The largest absolute Gasteiger partial charge is 0.497 e. The van der Waals surface area contributed by atoms with Gasteiger partial charge in [0, 0.05) is 27.8 Å². The molecule has 6 aromatic rings. The monoisotopic (exact) mass is 712 g/mol. The molecule has 0 aliphatic carbocycles. The lowest BCUT2D eigenvalue weighted by atomic mass is 10.0. The van der Waals surface area contributed by atoms with Gasteiger partial charge in [-0.1, -0.05) is 78.9 Å². The van der Waals surface area contributed by atoms with Crippen LogP contribution >= 0.6 is 0 Å². The number of ether oxygens (including phenoxy) is 3. The molecule has 0 unspecified atom stereocenters. The van der Waals surface area contributed by atoms with Crippen molar-refractivity contribution in [1.82, 2.24) is 0 Å². The number of ketones is 5. The number of para-hydroxylation sites is 2. The Balaban J connectivity index is 0.000000193. The molecule has 0 atom stereocenters. The quantitative estimate of drug-likeness (QED) is 0.143. The molecular formula is C45H44O8. The third-order valence-corrected chi connectivity index (χ3v) is 8.09. The highest BCUT2D eigenvalue weighted by Crippen LogP contribution is 2.25. The van der Waals surface area contributed by atoms with Crippen molar-refractivity contribution in [3.05, 3.63) is 149 Å². The van der Waals surface area contributed by atoms with E-state index in [2.05, 4.69) is 0 Å². The first-order valence-corrected chi connectivity index (χ1v) is 16.7. The lowest BCUT2D eigenvalue weighted by Gasteiger charge is -2.04. The zero-order chi connectivity index (χ0) is 39.1. The summed E-state index contributed by atoms with van der Waals surface area (Å²) in [5, 5.41) is 4.11. The van der Waals surface area contributed by atoms with E-state index >= 15 is 0 Å². The van der Waals surface area contributed by atoms with Gasteiger partial charge in [-0.3, -0.25) is 24.0 Å². The molecule has 8 nitrogen and oxygen atoms in total. The molecule has 0 spiro atoms. The van der Waals surface area contributed by atoms with Gasteiger partial charge in [0.15, 0.2) is 40.4 Å². The van der Waals surface area contributed by atoms with E-state index in [4.69, 9.17) is 14.2 Å². The van der Waals surface area contributed by atoms with Crippen molar-refractivity contribution in [2.75, 3.05) is 21.3 Å². The first kappa shape index (κ1) is 41.0. The van der Waals surface area contributed by atoms with Crippen LogP contribution in [-0.4, -0.2) is 50.2 Å². The summed E-state index contributed by atoms with van der Waals surface area (Å²) in [4.78, 5) is 55.3. The zero-order valence-corrected chi connectivity index (χ0v) is 31.3. The normalized spacial score (nSPS) is 9.89. The number of hydrogen-bond acceptors (Lipinski definition) is 8. The van der Waals surface area contributed by atoms with E-state index in [9.17, 15) is 24.0 Å². The third kappa shape index (κ3) is 12.1. The van der Waals surface area contributed by atoms with E-state index in [0.717, 1.165) is 44.4 Å². The molecule has 0 aliphatic rings. The first-order chi connectivity index (χ1) is 25.3. The van der Waals surface area contributed by atoms with E-state index in [0.29, 0.717) is 22.3 Å². The SMILES string of the molecule is CC(=O)c1ccc(C(C)=O)cc1.CC(=O)c1ccc2cc(C(C)=O)ccc2c1.COc1ccc2cc(C(C)=O)ccc2c1.COc1ccccc1OC. The van der Waals surface area contributed by atoms with Gasteiger partial charge in [0.1, 0.15) is 5.75 Å². The summed E-state index contributed by atoms with van der Waals surface area (Å²) >= 11 is 0. The minimum absolute atomic E-state index is 0.0186. The maximum absolute atomic E-state index is 11.2. The fourth-order valence-corrected chi connectivity index (χ4v) is 4.98. The number of rotatable bonds is 8. The Kier molecular flexibility index (Phi) is 15.4. The maximum Gasteiger partial charge on any atom is 0.160 e. The van der Waals surface area contributed by atoms with Crippen molar-refractivity contribution in [3.8, 4) is 17.2 Å². The van der Waals surface area contributed by atoms with Crippen molar-refractivity contribution in [2.24, 2.45) is 0 Å². The molecule has 0 bridgehead atoms. The molecule has 0 saturated heterocycles. The van der Waals surface area contributed by atoms with Gasteiger partial charge in [0.05, 0.1) is 21.3 Å². The van der Waals surface area contributed by atoms with Gasteiger partial charge in [-0.15, -0.1) is 0 Å². The van der Waals surface area contributed by atoms with Gasteiger partial charge in [-0.2, -0.15) is 0 Å². The molecule has 0 saturated carbocycles. The second-order valence-corrected chi connectivity index (χ2v) is 11.9. The van der Waals surface area contributed by atoms with Crippen molar-refractivity contribution in [1.29, 1.82) is 0 Å². The Morgan fingerprint density at radius 1 is 0.340 bits per heavy atom.